The molecule has 0 spiro atoms. The summed E-state index contributed by atoms with van der Waals surface area (Å²) in [4.78, 5) is 35.4. The Morgan fingerprint density at radius 1 is 1.23 bits per heavy atom. The quantitative estimate of drug-likeness (QED) is 0.256. The van der Waals surface area contributed by atoms with Crippen LogP contribution in [0, 0.1) is 0 Å². The third kappa shape index (κ3) is 4.86. The highest BCUT2D eigenvalue weighted by atomic mass is 19.3. The molecule has 1 aliphatic heterocycles. The number of nitrogens with one attached hydrogen (secondary N) is 3. The van der Waals surface area contributed by atoms with Gasteiger partial charge < -0.3 is 25.3 Å². The van der Waals surface area contributed by atoms with Gasteiger partial charge in [-0.2, -0.15) is 23.8 Å². The Kier molecular flexibility index (Phi) is 6.32. The van der Waals surface area contributed by atoms with Crippen LogP contribution in [0.2, 0.25) is 0 Å². The maximum atomic E-state index is 13.1. The molecule has 1 amide bonds. The third-order valence-electron chi connectivity index (χ3n) is 6.15. The van der Waals surface area contributed by atoms with Gasteiger partial charge in [0.25, 0.3) is 0 Å². The van der Waals surface area contributed by atoms with E-state index in [1.165, 1.54) is 24.8 Å². The first-order chi connectivity index (χ1) is 19.0. The Hall–Kier alpha value is -4.92. The first-order valence-corrected chi connectivity index (χ1v) is 12.0. The maximum absolute atomic E-state index is 13.1. The van der Waals surface area contributed by atoms with E-state index < -0.39 is 6.55 Å². The number of amides is 1. The molecule has 0 atom stereocenters. The average molecular weight is 536 g/mol. The lowest BCUT2D eigenvalue weighted by molar-refractivity contribution is -0.111. The van der Waals surface area contributed by atoms with Crippen LogP contribution in [-0.4, -0.2) is 71.5 Å². The number of alkyl halides is 2. The molecule has 0 radical (unpaired) electrons. The standard InChI is InChI=1S/C24H23F2N11O2/c1-2-19(38)30-14-3-4-16-17(9-14)32-18(31-16)11-27-21-20-22(34-24(33-21)35-5-7-39-8-6-35)36(13-28-20)15-10-29-37(12-15)23(25)26/h2-4,9-10,12-13,23H,1,5-8,11H2,(H,30,38)(H,31,32)(H,27,33,34). The fourth-order valence-corrected chi connectivity index (χ4v) is 4.25. The van der Waals surface area contributed by atoms with E-state index in [9.17, 15) is 13.6 Å². The summed E-state index contributed by atoms with van der Waals surface area (Å²) in [6, 6.07) is 5.35. The summed E-state index contributed by atoms with van der Waals surface area (Å²) in [5, 5.41) is 9.73. The molecule has 0 aliphatic carbocycles. The minimum atomic E-state index is -2.76. The van der Waals surface area contributed by atoms with Crippen molar-refractivity contribution >= 4 is 45.6 Å². The topological polar surface area (TPSA) is 144 Å². The molecule has 3 N–H and O–H groups in total. The highest BCUT2D eigenvalue weighted by Crippen LogP contribution is 2.26. The van der Waals surface area contributed by atoms with Gasteiger partial charge in [0.15, 0.2) is 17.0 Å². The molecule has 1 fully saturated rings. The van der Waals surface area contributed by atoms with Crippen LogP contribution in [0.25, 0.3) is 27.9 Å². The van der Waals surface area contributed by atoms with Crippen molar-refractivity contribution in [3.05, 3.63) is 55.4 Å². The predicted octanol–water partition coefficient (Wildman–Crippen LogP) is 2.86. The van der Waals surface area contributed by atoms with Crippen LogP contribution in [0.15, 0.2) is 49.6 Å². The Labute approximate surface area is 219 Å². The van der Waals surface area contributed by atoms with E-state index >= 15 is 0 Å². The zero-order valence-corrected chi connectivity index (χ0v) is 20.5. The molecule has 0 saturated carbocycles. The number of rotatable bonds is 8. The van der Waals surface area contributed by atoms with Crippen LogP contribution in [0.3, 0.4) is 0 Å². The second-order valence-electron chi connectivity index (χ2n) is 8.68. The summed E-state index contributed by atoms with van der Waals surface area (Å²) in [6.45, 7) is 3.28. The van der Waals surface area contributed by atoms with E-state index in [0.29, 0.717) is 76.6 Å². The average Bonchev–Trinajstić information content (AvgIpc) is 3.69. The molecule has 0 unspecified atom stereocenters. The van der Waals surface area contributed by atoms with Crippen LogP contribution in [0.5, 0.6) is 0 Å². The summed E-state index contributed by atoms with van der Waals surface area (Å²) in [6.07, 6.45) is 5.26. The monoisotopic (exact) mass is 535 g/mol. The highest BCUT2D eigenvalue weighted by Gasteiger charge is 2.21. The molecule has 200 valence electrons. The molecule has 4 aromatic heterocycles. The molecule has 1 aromatic carbocycles. The number of hydrogen-bond donors (Lipinski definition) is 3. The molecule has 1 aliphatic rings. The van der Waals surface area contributed by atoms with E-state index in [0.717, 1.165) is 5.52 Å². The number of H-pyrrole nitrogens is 1. The smallest absolute Gasteiger partial charge is 0.333 e. The first-order valence-electron chi connectivity index (χ1n) is 12.0. The van der Waals surface area contributed by atoms with Crippen LogP contribution in [0.4, 0.5) is 26.2 Å². The Bertz CT molecular complexity index is 1670. The summed E-state index contributed by atoms with van der Waals surface area (Å²) >= 11 is 0. The number of carbonyl (C=O) groups is 1. The third-order valence-corrected chi connectivity index (χ3v) is 6.15. The Morgan fingerprint density at radius 2 is 2.08 bits per heavy atom. The van der Waals surface area contributed by atoms with Gasteiger partial charge in [-0.3, -0.25) is 9.36 Å². The fraction of sp³-hybridized carbons (Fsp3) is 0.250. The molecule has 5 aromatic rings. The molecule has 15 heteroatoms. The molecular formula is C24H23F2N11O2. The molecule has 5 heterocycles. The van der Waals surface area contributed by atoms with Gasteiger partial charge in [-0.1, -0.05) is 6.58 Å². The summed E-state index contributed by atoms with van der Waals surface area (Å²) < 4.78 is 33.9. The number of aromatic nitrogens is 8. The summed E-state index contributed by atoms with van der Waals surface area (Å²) in [7, 11) is 0. The van der Waals surface area contributed by atoms with E-state index in [1.807, 2.05) is 11.0 Å². The second kappa shape index (κ2) is 10.1. The minimum absolute atomic E-state index is 0.286. The molecule has 1 saturated heterocycles. The van der Waals surface area contributed by atoms with Gasteiger partial charge in [0, 0.05) is 18.8 Å². The van der Waals surface area contributed by atoms with E-state index in [-0.39, 0.29) is 12.5 Å². The van der Waals surface area contributed by atoms with Crippen molar-refractivity contribution in [2.75, 3.05) is 41.8 Å². The van der Waals surface area contributed by atoms with Gasteiger partial charge in [0.1, 0.15) is 12.2 Å². The second-order valence-corrected chi connectivity index (χ2v) is 8.68. The van der Waals surface area contributed by atoms with Crippen LogP contribution in [-0.2, 0) is 16.1 Å². The Balaban J connectivity index is 1.32. The summed E-state index contributed by atoms with van der Waals surface area (Å²) in [5.74, 6) is 1.25. The minimum Gasteiger partial charge on any atom is -0.378 e. The number of benzene rings is 1. The molecule has 0 bridgehead atoms. The lowest BCUT2D eigenvalue weighted by atomic mass is 10.3. The molecule has 13 nitrogen and oxygen atoms in total. The van der Waals surface area contributed by atoms with Crippen molar-refractivity contribution in [1.82, 2.24) is 39.3 Å². The van der Waals surface area contributed by atoms with Gasteiger partial charge >= 0.3 is 6.55 Å². The number of carbonyl (C=O) groups excluding carboxylic acids is 1. The van der Waals surface area contributed by atoms with Crippen molar-refractivity contribution in [2.45, 2.75) is 13.1 Å². The number of anilines is 3. The zero-order valence-electron chi connectivity index (χ0n) is 20.5. The molecule has 39 heavy (non-hydrogen) atoms. The number of fused-ring (bicyclic) bond motifs is 2. The molecular weight excluding hydrogens is 512 g/mol. The number of imidazole rings is 2. The first kappa shape index (κ1) is 24.4. The zero-order chi connectivity index (χ0) is 26.9. The van der Waals surface area contributed by atoms with Crippen LogP contribution >= 0.6 is 0 Å². The van der Waals surface area contributed by atoms with E-state index in [4.69, 9.17) is 14.7 Å². The number of hydrogen-bond acceptors (Lipinski definition) is 9. The largest absolute Gasteiger partial charge is 0.378 e. The van der Waals surface area contributed by atoms with Crippen LogP contribution < -0.4 is 15.5 Å². The van der Waals surface area contributed by atoms with E-state index in [2.05, 4.69) is 37.3 Å². The van der Waals surface area contributed by atoms with Gasteiger partial charge in [-0.25, -0.2) is 14.6 Å². The lowest BCUT2D eigenvalue weighted by Crippen LogP contribution is -2.37. The van der Waals surface area contributed by atoms with Gasteiger partial charge in [0.2, 0.25) is 11.9 Å². The van der Waals surface area contributed by atoms with Gasteiger partial charge in [0.05, 0.1) is 48.9 Å². The number of morpholine rings is 1. The number of nitrogens with zero attached hydrogens (tertiary/aromatic N) is 8. The van der Waals surface area contributed by atoms with Crippen molar-refractivity contribution in [3.8, 4) is 5.69 Å². The number of halogens is 2. The van der Waals surface area contributed by atoms with E-state index in [1.54, 1.807) is 16.7 Å². The fourth-order valence-electron chi connectivity index (χ4n) is 4.25. The summed E-state index contributed by atoms with van der Waals surface area (Å²) in [5.41, 5.74) is 3.37. The lowest BCUT2D eigenvalue weighted by Gasteiger charge is -2.27. The Morgan fingerprint density at radius 3 is 2.85 bits per heavy atom. The van der Waals surface area contributed by atoms with Crippen molar-refractivity contribution in [3.63, 3.8) is 0 Å². The maximum Gasteiger partial charge on any atom is 0.333 e. The SMILES string of the molecule is C=CC(=O)Nc1ccc2[nH]c(CNc3nc(N4CCOCC4)nc4c3ncn4-c3cnn(C(F)F)c3)nc2c1. The van der Waals surface area contributed by atoms with Crippen molar-refractivity contribution in [1.29, 1.82) is 0 Å². The number of ether oxygens (including phenoxy) is 1. The molecule has 6 rings (SSSR count). The van der Waals surface area contributed by atoms with Crippen molar-refractivity contribution in [2.24, 2.45) is 0 Å². The van der Waals surface area contributed by atoms with Crippen molar-refractivity contribution < 1.29 is 18.3 Å². The number of aromatic amines is 1. The van der Waals surface area contributed by atoms with Crippen LogP contribution in [0.1, 0.15) is 12.4 Å². The predicted molar refractivity (Wildman–Crippen MR) is 139 cm³/mol. The van der Waals surface area contributed by atoms with Gasteiger partial charge in [-0.05, 0) is 24.3 Å². The van der Waals surface area contributed by atoms with Gasteiger partial charge in [-0.15, -0.1) is 0 Å². The normalized spacial score (nSPS) is 13.9. The highest BCUT2D eigenvalue weighted by molar-refractivity contribution is 6.00.